The largest absolute Gasteiger partial charge is 0.491 e. The number of ether oxygens (including phenoxy) is 1. The lowest BCUT2D eigenvalue weighted by atomic mass is 10.0. The Morgan fingerprint density at radius 1 is 1.22 bits per heavy atom. The minimum atomic E-state index is 0. The molecule has 0 atom stereocenters. The van der Waals surface area contributed by atoms with Gasteiger partial charge in [0, 0.05) is 25.7 Å². The van der Waals surface area contributed by atoms with E-state index in [1.54, 1.807) is 0 Å². The predicted octanol–water partition coefficient (Wildman–Crippen LogP) is 3.64. The quantitative estimate of drug-likeness (QED) is 0.761. The smallest absolute Gasteiger partial charge is 0.194 e. The van der Waals surface area contributed by atoms with Gasteiger partial charge in [0.15, 0.2) is 5.96 Å². The van der Waals surface area contributed by atoms with Gasteiger partial charge in [-0.2, -0.15) is 0 Å². The molecule has 2 aromatic carbocycles. The molecule has 5 heteroatoms. The van der Waals surface area contributed by atoms with Crippen molar-refractivity contribution in [1.29, 1.82) is 0 Å². The molecule has 124 valence electrons. The third-order valence-corrected chi connectivity index (χ3v) is 3.84. The molecule has 0 radical (unpaired) electrons. The number of hydrogen-bond acceptors (Lipinski definition) is 4. The molecule has 0 spiro atoms. The zero-order chi connectivity index (χ0) is 15.5. The highest BCUT2D eigenvalue weighted by Crippen LogP contribution is 2.29. The summed E-state index contributed by atoms with van der Waals surface area (Å²) in [6, 6.07) is 12.6. The molecule has 1 aliphatic rings. The second-order valence-electron chi connectivity index (χ2n) is 5.91. The Balaban J connectivity index is 0.00000192. The van der Waals surface area contributed by atoms with Crippen molar-refractivity contribution < 1.29 is 4.74 Å². The van der Waals surface area contributed by atoms with Crippen LogP contribution in [-0.4, -0.2) is 37.1 Å². The minimum Gasteiger partial charge on any atom is -0.491 e. The van der Waals surface area contributed by atoms with Crippen molar-refractivity contribution >= 4 is 40.7 Å². The first-order chi connectivity index (χ1) is 10.6. The number of guanidine groups is 1. The second-order valence-corrected chi connectivity index (χ2v) is 5.91. The fraction of sp³-hybridized carbons (Fsp3) is 0.389. The van der Waals surface area contributed by atoms with Crippen molar-refractivity contribution in [3.8, 4) is 5.75 Å². The lowest BCUT2D eigenvalue weighted by Crippen LogP contribution is -2.35. The number of halogens is 1. The molecular formula is C18H24IN3O. The van der Waals surface area contributed by atoms with Gasteiger partial charge in [-0.3, -0.25) is 4.99 Å². The van der Waals surface area contributed by atoms with Gasteiger partial charge >= 0.3 is 0 Å². The lowest BCUT2D eigenvalue weighted by Gasteiger charge is -2.19. The summed E-state index contributed by atoms with van der Waals surface area (Å²) in [5, 5.41) is 5.91. The predicted molar refractivity (Wildman–Crippen MR) is 107 cm³/mol. The van der Waals surface area contributed by atoms with Crippen molar-refractivity contribution in [1.82, 2.24) is 10.2 Å². The van der Waals surface area contributed by atoms with E-state index in [9.17, 15) is 0 Å². The molecule has 1 N–H and O–H groups in total. The van der Waals surface area contributed by atoms with E-state index >= 15 is 0 Å². The van der Waals surface area contributed by atoms with Crippen LogP contribution in [0, 0.1) is 0 Å². The normalized spacial score (nSPS) is 13.9. The maximum absolute atomic E-state index is 6.00. The number of likely N-dealkylation sites (N-methyl/N-ethyl adjacent to an activating group) is 1. The maximum Gasteiger partial charge on any atom is 0.194 e. The molecule has 0 saturated carbocycles. The Hall–Kier alpha value is -1.50. The lowest BCUT2D eigenvalue weighted by molar-refractivity contribution is 0.240. The molecule has 3 rings (SSSR count). The molecular weight excluding hydrogens is 401 g/mol. The van der Waals surface area contributed by atoms with E-state index in [-0.39, 0.29) is 30.1 Å². The fourth-order valence-electron chi connectivity index (χ4n) is 2.75. The Kier molecular flexibility index (Phi) is 6.10. The molecule has 0 unspecified atom stereocenters. The summed E-state index contributed by atoms with van der Waals surface area (Å²) < 4.78 is 6.00. The van der Waals surface area contributed by atoms with Crippen molar-refractivity contribution in [3.05, 3.63) is 42.0 Å². The molecule has 0 amide bonds. The summed E-state index contributed by atoms with van der Waals surface area (Å²) in [4.78, 5) is 6.64. The monoisotopic (exact) mass is 425 g/mol. The van der Waals surface area contributed by atoms with Gasteiger partial charge < -0.3 is 15.0 Å². The number of fused-ring (bicyclic) bond motifs is 1. The Labute approximate surface area is 154 Å². The van der Waals surface area contributed by atoms with Crippen molar-refractivity contribution in [2.75, 3.05) is 20.1 Å². The molecule has 1 heterocycles. The first-order valence-corrected chi connectivity index (χ1v) is 7.82. The second kappa shape index (κ2) is 7.86. The molecule has 1 aliphatic heterocycles. The van der Waals surface area contributed by atoms with Crippen LogP contribution in [0.15, 0.2) is 41.4 Å². The van der Waals surface area contributed by atoms with E-state index in [4.69, 9.17) is 4.74 Å². The number of nitrogens with zero attached hydrogens (tertiary/aromatic N) is 2. The van der Waals surface area contributed by atoms with Crippen LogP contribution < -0.4 is 10.1 Å². The van der Waals surface area contributed by atoms with Crippen LogP contribution in [0.2, 0.25) is 0 Å². The Bertz CT molecular complexity index is 700. The van der Waals surface area contributed by atoms with Crippen LogP contribution in [0.5, 0.6) is 5.75 Å². The van der Waals surface area contributed by atoms with Crippen LogP contribution in [-0.2, 0) is 6.54 Å². The van der Waals surface area contributed by atoms with Gasteiger partial charge in [-0.25, -0.2) is 0 Å². The maximum atomic E-state index is 6.00. The zero-order valence-corrected chi connectivity index (χ0v) is 16.2. The molecule has 4 nitrogen and oxygen atoms in total. The average molecular weight is 425 g/mol. The van der Waals surface area contributed by atoms with Gasteiger partial charge in [0.05, 0.1) is 12.6 Å². The first kappa shape index (κ1) is 17.8. The Morgan fingerprint density at radius 2 is 2.00 bits per heavy atom. The fourth-order valence-corrected chi connectivity index (χ4v) is 2.75. The number of nitrogens with one attached hydrogen (secondary N) is 1. The average Bonchev–Trinajstić information content (AvgIpc) is 2.91. The topological polar surface area (TPSA) is 36.9 Å². The SMILES string of the molecule is CC(C)Oc1ccc2ccccc2c1CNC1=NCCN1C.I. The van der Waals surface area contributed by atoms with Gasteiger partial charge in [-0.05, 0) is 30.7 Å². The molecule has 0 saturated heterocycles. The van der Waals surface area contributed by atoms with E-state index in [1.807, 2.05) is 0 Å². The van der Waals surface area contributed by atoms with Crippen LogP contribution in [0.1, 0.15) is 19.4 Å². The van der Waals surface area contributed by atoms with Crippen molar-refractivity contribution in [2.24, 2.45) is 4.99 Å². The molecule has 23 heavy (non-hydrogen) atoms. The van der Waals surface area contributed by atoms with E-state index < -0.39 is 0 Å². The van der Waals surface area contributed by atoms with Gasteiger partial charge in [0.1, 0.15) is 5.75 Å². The van der Waals surface area contributed by atoms with Crippen molar-refractivity contribution in [3.63, 3.8) is 0 Å². The number of hydrogen-bond donors (Lipinski definition) is 1. The summed E-state index contributed by atoms with van der Waals surface area (Å²) in [6.45, 7) is 6.67. The van der Waals surface area contributed by atoms with Crippen LogP contribution in [0.3, 0.4) is 0 Å². The first-order valence-electron chi connectivity index (χ1n) is 7.82. The number of rotatable bonds is 4. The van der Waals surface area contributed by atoms with Gasteiger partial charge in [0.25, 0.3) is 0 Å². The van der Waals surface area contributed by atoms with E-state index in [2.05, 4.69) is 72.5 Å². The highest BCUT2D eigenvalue weighted by molar-refractivity contribution is 14.0. The third-order valence-electron chi connectivity index (χ3n) is 3.84. The summed E-state index contributed by atoms with van der Waals surface area (Å²) in [7, 11) is 2.06. The molecule has 0 aromatic heterocycles. The summed E-state index contributed by atoms with van der Waals surface area (Å²) in [5.41, 5.74) is 1.19. The number of benzene rings is 2. The van der Waals surface area contributed by atoms with E-state index in [0.717, 1.165) is 24.8 Å². The summed E-state index contributed by atoms with van der Waals surface area (Å²) >= 11 is 0. The zero-order valence-electron chi connectivity index (χ0n) is 13.9. The van der Waals surface area contributed by atoms with Crippen molar-refractivity contribution in [2.45, 2.75) is 26.5 Å². The summed E-state index contributed by atoms with van der Waals surface area (Å²) in [5.74, 6) is 1.91. The number of aliphatic imine (C=N–C) groups is 1. The summed E-state index contributed by atoms with van der Waals surface area (Å²) in [6.07, 6.45) is 0.159. The molecule has 0 fully saturated rings. The Morgan fingerprint density at radius 3 is 2.70 bits per heavy atom. The standard InChI is InChI=1S/C18H23N3O.HI/c1-13(2)22-17-9-8-14-6-4-5-7-15(14)16(17)12-20-18-19-10-11-21(18)3;/h4-9,13H,10-12H2,1-3H3,(H,19,20);1H. The molecule has 0 bridgehead atoms. The third kappa shape index (κ3) is 4.07. The van der Waals surface area contributed by atoms with Crippen LogP contribution in [0.25, 0.3) is 10.8 Å². The highest BCUT2D eigenvalue weighted by Gasteiger charge is 2.15. The molecule has 2 aromatic rings. The minimum absolute atomic E-state index is 0. The van der Waals surface area contributed by atoms with E-state index in [0.29, 0.717) is 6.54 Å². The molecule has 0 aliphatic carbocycles. The van der Waals surface area contributed by atoms with Gasteiger partial charge in [-0.15, -0.1) is 24.0 Å². The van der Waals surface area contributed by atoms with Crippen LogP contribution >= 0.6 is 24.0 Å². The van der Waals surface area contributed by atoms with E-state index in [1.165, 1.54) is 16.3 Å². The van der Waals surface area contributed by atoms with Gasteiger partial charge in [0.2, 0.25) is 0 Å². The van der Waals surface area contributed by atoms with Gasteiger partial charge in [-0.1, -0.05) is 30.3 Å². The highest BCUT2D eigenvalue weighted by atomic mass is 127. The van der Waals surface area contributed by atoms with Crippen LogP contribution in [0.4, 0.5) is 0 Å².